The summed E-state index contributed by atoms with van der Waals surface area (Å²) in [5.41, 5.74) is 1.92. The van der Waals surface area contributed by atoms with E-state index in [4.69, 9.17) is 0 Å². The Morgan fingerprint density at radius 3 is 2.58 bits per heavy atom. The summed E-state index contributed by atoms with van der Waals surface area (Å²) in [5.74, 6) is 0.753. The average molecular weight is 516 g/mol. The predicted octanol–water partition coefficient (Wildman–Crippen LogP) is 2.79. The van der Waals surface area contributed by atoms with Crippen LogP contribution in [0.15, 0.2) is 64.8 Å². The number of nitrogens with zero attached hydrogens (tertiary/aromatic N) is 8. The highest BCUT2D eigenvalue weighted by Gasteiger charge is 2.21. The molecule has 0 bridgehead atoms. The molecule has 1 saturated heterocycles. The third-order valence-corrected chi connectivity index (χ3v) is 6.94. The Hall–Kier alpha value is -4.25. The maximum Gasteiger partial charge on any atom is 0.278 e. The van der Waals surface area contributed by atoms with Gasteiger partial charge in [0.2, 0.25) is 5.95 Å². The van der Waals surface area contributed by atoms with Crippen LogP contribution in [0.2, 0.25) is 0 Å². The first-order valence-corrected chi connectivity index (χ1v) is 12.8. The first-order valence-electron chi connectivity index (χ1n) is 12.8. The van der Waals surface area contributed by atoms with Gasteiger partial charge in [0.15, 0.2) is 11.5 Å². The number of likely N-dealkylation sites (N-methyl/N-ethyl adjacent to an activating group) is 1. The van der Waals surface area contributed by atoms with E-state index in [9.17, 15) is 9.59 Å². The van der Waals surface area contributed by atoms with E-state index in [1.807, 2.05) is 26.0 Å². The molecule has 1 aromatic carbocycles. The van der Waals surface area contributed by atoms with Crippen LogP contribution in [-0.2, 0) is 6.54 Å². The van der Waals surface area contributed by atoms with Crippen LogP contribution in [-0.4, -0.2) is 66.7 Å². The second-order valence-corrected chi connectivity index (χ2v) is 9.93. The maximum absolute atomic E-state index is 13.2. The Kier molecular flexibility index (Phi) is 6.85. The van der Waals surface area contributed by atoms with Crippen molar-refractivity contribution < 1.29 is 0 Å². The van der Waals surface area contributed by atoms with Gasteiger partial charge in [0.25, 0.3) is 11.1 Å². The smallest absolute Gasteiger partial charge is 0.278 e. The minimum Gasteiger partial charge on any atom is -0.369 e. The molecule has 0 spiro atoms. The van der Waals surface area contributed by atoms with Gasteiger partial charge in [-0.05, 0) is 58.2 Å². The van der Waals surface area contributed by atoms with Crippen LogP contribution in [0.1, 0.15) is 26.8 Å². The predicted molar refractivity (Wildman–Crippen MR) is 150 cm³/mol. The van der Waals surface area contributed by atoms with Crippen molar-refractivity contribution in [1.29, 1.82) is 0 Å². The van der Waals surface area contributed by atoms with Gasteiger partial charge < -0.3 is 15.1 Å². The fraction of sp³-hybridized carbons (Fsp3) is 0.370. The molecule has 1 fully saturated rings. The monoisotopic (exact) mass is 515 g/mol. The number of piperazine rings is 1. The van der Waals surface area contributed by atoms with Crippen molar-refractivity contribution >= 4 is 28.4 Å². The van der Waals surface area contributed by atoms with Crippen LogP contribution in [0.5, 0.6) is 0 Å². The summed E-state index contributed by atoms with van der Waals surface area (Å²) < 4.78 is 4.48. The van der Waals surface area contributed by atoms with E-state index in [0.717, 1.165) is 25.3 Å². The molecule has 1 aliphatic rings. The Balaban J connectivity index is 1.50. The molecule has 0 radical (unpaired) electrons. The molecule has 198 valence electrons. The molecule has 1 N–H and O–H groups in total. The summed E-state index contributed by atoms with van der Waals surface area (Å²) in [5, 5.41) is 8.11. The van der Waals surface area contributed by atoms with Crippen LogP contribution in [0.3, 0.4) is 0 Å². The Morgan fingerprint density at radius 1 is 1.13 bits per heavy atom. The fourth-order valence-corrected chi connectivity index (χ4v) is 4.67. The van der Waals surface area contributed by atoms with E-state index in [0.29, 0.717) is 28.8 Å². The molecule has 1 aliphatic heterocycles. The van der Waals surface area contributed by atoms with Crippen LogP contribution in [0.25, 0.3) is 16.9 Å². The number of aromatic nitrogens is 6. The van der Waals surface area contributed by atoms with Crippen LogP contribution < -0.4 is 21.3 Å². The number of hydrogen-bond donors (Lipinski definition) is 1. The lowest BCUT2D eigenvalue weighted by atomic mass is 10.1. The van der Waals surface area contributed by atoms with Gasteiger partial charge in [0, 0.05) is 49.3 Å². The highest BCUT2D eigenvalue weighted by Crippen LogP contribution is 2.23. The van der Waals surface area contributed by atoms with Crippen molar-refractivity contribution in [2.75, 3.05) is 36.9 Å². The lowest BCUT2D eigenvalue weighted by Crippen LogP contribution is -2.50. The Morgan fingerprint density at radius 2 is 1.89 bits per heavy atom. The fourth-order valence-electron chi connectivity index (χ4n) is 4.67. The summed E-state index contributed by atoms with van der Waals surface area (Å²) in [7, 11) is 2.16. The first kappa shape index (κ1) is 25.4. The van der Waals surface area contributed by atoms with Gasteiger partial charge in [0.05, 0.1) is 12.6 Å². The quantitative estimate of drug-likeness (QED) is 0.375. The average Bonchev–Trinajstić information content (AvgIpc) is 3.17. The summed E-state index contributed by atoms with van der Waals surface area (Å²) in [6.07, 6.45) is 3.14. The number of anilines is 3. The second kappa shape index (κ2) is 10.3. The number of nitrogens with one attached hydrogen (secondary N) is 1. The zero-order chi connectivity index (χ0) is 27.0. The maximum atomic E-state index is 13.2. The molecule has 4 heterocycles. The van der Waals surface area contributed by atoms with Crippen molar-refractivity contribution in [3.63, 3.8) is 0 Å². The number of fused-ring (bicyclic) bond motifs is 1. The standard InChI is InChI=1S/C27H33N9O2/c1-6-13-34-26(38)22-16-28-27(30-25(22)36(34)23-11-12-24(37)35(31-23)18(2)3)29-20-7-9-21(10-8-20)33-15-14-32(5)19(4)17-33/h6-12,16,18-19H,1,13-15,17H2,2-5H3,(H,28,29,30)/t19-/m0/s1. The lowest BCUT2D eigenvalue weighted by molar-refractivity contribution is 0.234. The van der Waals surface area contributed by atoms with Gasteiger partial charge in [-0.3, -0.25) is 9.59 Å². The molecule has 11 nitrogen and oxygen atoms in total. The van der Waals surface area contributed by atoms with Crippen molar-refractivity contribution in [3.8, 4) is 5.82 Å². The molecule has 5 rings (SSSR count). The molecule has 0 saturated carbocycles. The zero-order valence-corrected chi connectivity index (χ0v) is 22.2. The van der Waals surface area contributed by atoms with E-state index >= 15 is 0 Å². The molecule has 0 amide bonds. The molecule has 38 heavy (non-hydrogen) atoms. The molecule has 0 aliphatic carbocycles. The van der Waals surface area contributed by atoms with E-state index in [1.165, 1.54) is 27.3 Å². The molecule has 0 unspecified atom stereocenters. The first-order chi connectivity index (χ1) is 18.3. The Labute approximate surface area is 220 Å². The summed E-state index contributed by atoms with van der Waals surface area (Å²) in [4.78, 5) is 39.3. The van der Waals surface area contributed by atoms with Gasteiger partial charge >= 0.3 is 0 Å². The van der Waals surface area contributed by atoms with Gasteiger partial charge in [-0.25, -0.2) is 19.0 Å². The number of hydrogen-bond acceptors (Lipinski definition) is 8. The van der Waals surface area contributed by atoms with Crippen LogP contribution in [0.4, 0.5) is 17.3 Å². The SMILES string of the molecule is C=CCn1c(=O)c2cnc(Nc3ccc(N4CCN(C)[C@@H](C)C4)cc3)nc2n1-c1ccc(=O)n(C(C)C)n1. The molecule has 1 atom stereocenters. The third kappa shape index (κ3) is 4.72. The largest absolute Gasteiger partial charge is 0.369 e. The highest BCUT2D eigenvalue weighted by molar-refractivity contribution is 5.77. The topological polar surface area (TPSA) is 106 Å². The summed E-state index contributed by atoms with van der Waals surface area (Å²) >= 11 is 0. The minimum absolute atomic E-state index is 0.146. The van der Waals surface area contributed by atoms with Gasteiger partial charge in [-0.2, -0.15) is 4.98 Å². The lowest BCUT2D eigenvalue weighted by Gasteiger charge is -2.39. The van der Waals surface area contributed by atoms with Crippen LogP contribution in [0, 0.1) is 0 Å². The normalized spacial score (nSPS) is 16.3. The second-order valence-electron chi connectivity index (χ2n) is 9.93. The minimum atomic E-state index is -0.263. The van der Waals surface area contributed by atoms with Gasteiger partial charge in [-0.1, -0.05) is 6.08 Å². The van der Waals surface area contributed by atoms with E-state index in [-0.39, 0.29) is 23.7 Å². The molecular formula is C27H33N9O2. The van der Waals surface area contributed by atoms with Crippen molar-refractivity contribution in [2.45, 2.75) is 39.4 Å². The van der Waals surface area contributed by atoms with E-state index in [2.05, 4.69) is 62.9 Å². The van der Waals surface area contributed by atoms with Gasteiger partial charge in [0.1, 0.15) is 5.39 Å². The van der Waals surface area contributed by atoms with Gasteiger partial charge in [-0.15, -0.1) is 11.7 Å². The molecule has 3 aromatic heterocycles. The van der Waals surface area contributed by atoms with E-state index in [1.54, 1.807) is 16.8 Å². The van der Waals surface area contributed by atoms with Crippen molar-refractivity contribution in [1.82, 2.24) is 34.0 Å². The van der Waals surface area contributed by atoms with Crippen molar-refractivity contribution in [3.05, 3.63) is 76.0 Å². The Bertz CT molecular complexity index is 1580. The number of benzene rings is 1. The zero-order valence-electron chi connectivity index (χ0n) is 22.2. The molecular weight excluding hydrogens is 482 g/mol. The number of allylic oxidation sites excluding steroid dienone is 1. The van der Waals surface area contributed by atoms with E-state index < -0.39 is 0 Å². The summed E-state index contributed by atoms with van der Waals surface area (Å²) in [6.45, 7) is 13.0. The van der Waals surface area contributed by atoms with Crippen molar-refractivity contribution in [2.24, 2.45) is 0 Å². The summed E-state index contributed by atoms with van der Waals surface area (Å²) in [6, 6.07) is 11.6. The van der Waals surface area contributed by atoms with Crippen LogP contribution >= 0.6 is 0 Å². The third-order valence-electron chi connectivity index (χ3n) is 6.94. The highest BCUT2D eigenvalue weighted by atomic mass is 16.1. The molecule has 4 aromatic rings. The number of rotatable bonds is 7. The molecule has 11 heteroatoms.